The first-order valence-corrected chi connectivity index (χ1v) is 7.47. The van der Waals surface area contributed by atoms with Crippen molar-refractivity contribution in [2.24, 2.45) is 0 Å². The van der Waals surface area contributed by atoms with Gasteiger partial charge in [-0.2, -0.15) is 0 Å². The lowest BCUT2D eigenvalue weighted by molar-refractivity contribution is -0.385. The summed E-state index contributed by atoms with van der Waals surface area (Å²) in [6.07, 6.45) is 0. The van der Waals surface area contributed by atoms with Crippen LogP contribution >= 0.6 is 0 Å². The fraction of sp³-hybridized carbons (Fsp3) is 0.438. The number of nitro benzene ring substituents is 1. The second kappa shape index (κ2) is 8.22. The van der Waals surface area contributed by atoms with Gasteiger partial charge in [0, 0.05) is 18.7 Å². The molecule has 9 nitrogen and oxygen atoms in total. The molecule has 0 aliphatic heterocycles. The Morgan fingerprint density at radius 2 is 1.84 bits per heavy atom. The molecule has 136 valence electrons. The van der Waals surface area contributed by atoms with Crippen molar-refractivity contribution in [1.29, 1.82) is 0 Å². The number of carbonyl (C=O) groups excluding carboxylic acids is 3. The minimum Gasteiger partial charge on any atom is -0.452 e. The molecule has 1 N–H and O–H groups in total. The van der Waals surface area contributed by atoms with Crippen LogP contribution in [0, 0.1) is 10.1 Å². The van der Waals surface area contributed by atoms with Gasteiger partial charge in [0.05, 0.1) is 11.5 Å². The molecule has 0 saturated heterocycles. The molecule has 0 fully saturated rings. The van der Waals surface area contributed by atoms with E-state index in [4.69, 9.17) is 4.74 Å². The van der Waals surface area contributed by atoms with Crippen molar-refractivity contribution in [3.8, 4) is 0 Å². The first-order valence-electron chi connectivity index (χ1n) is 7.47. The third-order valence-corrected chi connectivity index (χ3v) is 2.97. The summed E-state index contributed by atoms with van der Waals surface area (Å²) in [5, 5.41) is 13.6. The van der Waals surface area contributed by atoms with Gasteiger partial charge in [0.2, 0.25) is 5.91 Å². The van der Waals surface area contributed by atoms with Crippen LogP contribution in [0.5, 0.6) is 0 Å². The summed E-state index contributed by atoms with van der Waals surface area (Å²) in [6, 6.07) is 5.28. The lowest BCUT2D eigenvalue weighted by Crippen LogP contribution is -2.46. The molecule has 0 unspecified atom stereocenters. The number of benzene rings is 1. The summed E-state index contributed by atoms with van der Waals surface area (Å²) in [5.41, 5.74) is -1.08. The summed E-state index contributed by atoms with van der Waals surface area (Å²) >= 11 is 0. The SMILES string of the molecule is CN(CC(=O)NC(C)(C)C)C(=O)COC(=O)c1ccccc1[N+](=O)[O-]. The number of ether oxygens (including phenoxy) is 1. The van der Waals surface area contributed by atoms with E-state index in [2.05, 4.69) is 5.32 Å². The standard InChI is InChI=1S/C16H21N3O6/c1-16(2,3)17-13(20)9-18(4)14(21)10-25-15(22)11-7-5-6-8-12(11)19(23)24/h5-8H,9-10H2,1-4H3,(H,17,20). The van der Waals surface area contributed by atoms with Gasteiger partial charge < -0.3 is 15.0 Å². The highest BCUT2D eigenvalue weighted by Gasteiger charge is 2.23. The number of para-hydroxylation sites is 1. The van der Waals surface area contributed by atoms with E-state index < -0.39 is 34.6 Å². The maximum Gasteiger partial charge on any atom is 0.345 e. The number of nitro groups is 1. The van der Waals surface area contributed by atoms with Crippen LogP contribution in [-0.4, -0.2) is 53.3 Å². The third-order valence-electron chi connectivity index (χ3n) is 2.97. The van der Waals surface area contributed by atoms with E-state index in [1.54, 1.807) is 20.8 Å². The third kappa shape index (κ3) is 6.58. The summed E-state index contributed by atoms with van der Waals surface area (Å²) in [7, 11) is 1.39. The van der Waals surface area contributed by atoms with Gasteiger partial charge in [-0.05, 0) is 26.8 Å². The van der Waals surface area contributed by atoms with Crippen LogP contribution in [0.2, 0.25) is 0 Å². The van der Waals surface area contributed by atoms with Crippen molar-refractivity contribution in [3.63, 3.8) is 0 Å². The normalized spacial score (nSPS) is 10.7. The molecule has 9 heteroatoms. The predicted molar refractivity (Wildman–Crippen MR) is 88.9 cm³/mol. The minimum atomic E-state index is -0.979. The Labute approximate surface area is 145 Å². The first-order chi connectivity index (χ1) is 11.5. The molecule has 0 spiro atoms. The molecule has 0 saturated carbocycles. The Kier molecular flexibility index (Phi) is 6.60. The largest absolute Gasteiger partial charge is 0.452 e. The van der Waals surface area contributed by atoms with Crippen molar-refractivity contribution in [2.45, 2.75) is 26.3 Å². The van der Waals surface area contributed by atoms with E-state index in [0.29, 0.717) is 0 Å². The maximum atomic E-state index is 11.9. The van der Waals surface area contributed by atoms with Gasteiger partial charge in [-0.25, -0.2) is 4.79 Å². The molecule has 25 heavy (non-hydrogen) atoms. The number of rotatable bonds is 6. The zero-order valence-corrected chi connectivity index (χ0v) is 14.6. The number of hydrogen-bond acceptors (Lipinski definition) is 6. The van der Waals surface area contributed by atoms with Crippen molar-refractivity contribution >= 4 is 23.5 Å². The smallest absolute Gasteiger partial charge is 0.345 e. The van der Waals surface area contributed by atoms with Crippen molar-refractivity contribution in [2.75, 3.05) is 20.2 Å². The van der Waals surface area contributed by atoms with Crippen LogP contribution in [0.1, 0.15) is 31.1 Å². The Hall–Kier alpha value is -2.97. The zero-order valence-electron chi connectivity index (χ0n) is 14.6. The molecule has 0 aromatic heterocycles. The number of likely N-dealkylation sites (N-methyl/N-ethyl adjacent to an activating group) is 1. The maximum absolute atomic E-state index is 11.9. The van der Waals surface area contributed by atoms with E-state index in [1.807, 2.05) is 0 Å². The molecule has 0 bridgehead atoms. The monoisotopic (exact) mass is 351 g/mol. The summed E-state index contributed by atoms with van der Waals surface area (Å²) in [6.45, 7) is 4.60. The van der Waals surface area contributed by atoms with Gasteiger partial charge >= 0.3 is 5.97 Å². The van der Waals surface area contributed by atoms with E-state index in [0.717, 1.165) is 4.90 Å². The first kappa shape index (κ1) is 20.1. The highest BCUT2D eigenvalue weighted by atomic mass is 16.6. The van der Waals surface area contributed by atoms with Gasteiger partial charge in [0.1, 0.15) is 5.56 Å². The molecule has 1 rings (SSSR count). The molecule has 0 aliphatic rings. The average Bonchev–Trinajstić information content (AvgIpc) is 2.50. The number of hydrogen-bond donors (Lipinski definition) is 1. The summed E-state index contributed by atoms with van der Waals surface area (Å²) in [4.78, 5) is 46.9. The van der Waals surface area contributed by atoms with E-state index >= 15 is 0 Å². The van der Waals surface area contributed by atoms with Gasteiger partial charge in [-0.3, -0.25) is 19.7 Å². The fourth-order valence-electron chi connectivity index (χ4n) is 1.88. The molecule has 0 aliphatic carbocycles. The summed E-state index contributed by atoms with van der Waals surface area (Å²) in [5.74, 6) is -1.93. The van der Waals surface area contributed by atoms with Crippen LogP contribution in [0.3, 0.4) is 0 Å². The van der Waals surface area contributed by atoms with Crippen molar-refractivity contribution in [3.05, 3.63) is 39.9 Å². The van der Waals surface area contributed by atoms with Gasteiger partial charge in [-0.15, -0.1) is 0 Å². The Morgan fingerprint density at radius 1 is 1.24 bits per heavy atom. The van der Waals surface area contributed by atoms with Crippen molar-refractivity contribution < 1.29 is 24.0 Å². The minimum absolute atomic E-state index is 0.195. The Morgan fingerprint density at radius 3 is 2.40 bits per heavy atom. The number of nitrogens with one attached hydrogen (secondary N) is 1. The summed E-state index contributed by atoms with van der Waals surface area (Å²) < 4.78 is 4.82. The van der Waals surface area contributed by atoms with E-state index in [9.17, 15) is 24.5 Å². The molecule has 1 aromatic carbocycles. The Bertz CT molecular complexity index is 681. The lowest BCUT2D eigenvalue weighted by Gasteiger charge is -2.23. The zero-order chi connectivity index (χ0) is 19.2. The van der Waals surface area contributed by atoms with Gasteiger partial charge in [-0.1, -0.05) is 12.1 Å². The topological polar surface area (TPSA) is 119 Å². The number of esters is 1. The van der Waals surface area contributed by atoms with Crippen molar-refractivity contribution in [1.82, 2.24) is 10.2 Å². The van der Waals surface area contributed by atoms with E-state index in [1.165, 1.54) is 31.3 Å². The second-order valence-corrected chi connectivity index (χ2v) is 6.40. The highest BCUT2D eigenvalue weighted by molar-refractivity contribution is 5.95. The van der Waals surface area contributed by atoms with Crippen LogP contribution in [0.4, 0.5) is 5.69 Å². The van der Waals surface area contributed by atoms with Crippen LogP contribution in [-0.2, 0) is 14.3 Å². The number of carbonyl (C=O) groups is 3. The average molecular weight is 351 g/mol. The number of amides is 2. The molecular formula is C16H21N3O6. The predicted octanol–water partition coefficient (Wildman–Crippen LogP) is 1.12. The van der Waals surface area contributed by atoms with Crippen LogP contribution in [0.25, 0.3) is 0 Å². The van der Waals surface area contributed by atoms with Gasteiger partial charge in [0.15, 0.2) is 6.61 Å². The fourth-order valence-corrected chi connectivity index (χ4v) is 1.88. The molecular weight excluding hydrogens is 330 g/mol. The highest BCUT2D eigenvalue weighted by Crippen LogP contribution is 2.18. The molecule has 1 aromatic rings. The second-order valence-electron chi connectivity index (χ2n) is 6.40. The van der Waals surface area contributed by atoms with Crippen LogP contribution in [0.15, 0.2) is 24.3 Å². The van der Waals surface area contributed by atoms with Crippen LogP contribution < -0.4 is 5.32 Å². The van der Waals surface area contributed by atoms with Gasteiger partial charge in [0.25, 0.3) is 11.6 Å². The lowest BCUT2D eigenvalue weighted by atomic mass is 10.1. The van der Waals surface area contributed by atoms with E-state index in [-0.39, 0.29) is 18.0 Å². The quantitative estimate of drug-likeness (QED) is 0.466. The molecule has 0 radical (unpaired) electrons. The molecule has 2 amide bonds. The Balaban J connectivity index is 2.60. The number of nitrogens with zero attached hydrogens (tertiary/aromatic N) is 2. The molecule has 0 atom stereocenters. The molecule has 0 heterocycles.